The van der Waals surface area contributed by atoms with Crippen molar-refractivity contribution in [3.8, 4) is 16.9 Å². The minimum atomic E-state index is -0.706. The van der Waals surface area contributed by atoms with E-state index in [0.29, 0.717) is 25.4 Å². The number of ether oxygens (including phenoxy) is 2. The summed E-state index contributed by atoms with van der Waals surface area (Å²) in [7, 11) is 1.27. The second-order valence-electron chi connectivity index (χ2n) is 9.48. The molecule has 1 aliphatic rings. The minimum Gasteiger partial charge on any atom is -0.490 e. The van der Waals surface area contributed by atoms with Gasteiger partial charge in [0.2, 0.25) is 5.91 Å². The minimum absolute atomic E-state index is 0.00570. The number of amides is 1. The van der Waals surface area contributed by atoms with E-state index in [0.717, 1.165) is 22.6 Å². The van der Waals surface area contributed by atoms with Crippen LogP contribution in [-0.4, -0.2) is 51.0 Å². The van der Waals surface area contributed by atoms with Crippen LogP contribution in [0.4, 0.5) is 11.4 Å². The predicted octanol–water partition coefficient (Wildman–Crippen LogP) is 5.40. The molecule has 210 valence electrons. The Morgan fingerprint density at radius 2 is 1.75 bits per heavy atom. The summed E-state index contributed by atoms with van der Waals surface area (Å²) in [6.07, 6.45) is 0.376. The van der Waals surface area contributed by atoms with Gasteiger partial charge in [0.25, 0.3) is 0 Å². The summed E-state index contributed by atoms with van der Waals surface area (Å²) in [5, 5.41) is 3.28. The molecular formula is C30H31Cl2N3O5. The fourth-order valence-corrected chi connectivity index (χ4v) is 5.32. The lowest BCUT2D eigenvalue weighted by atomic mass is 9.96. The molecule has 3 aromatic carbocycles. The van der Waals surface area contributed by atoms with Crippen molar-refractivity contribution in [1.82, 2.24) is 5.32 Å². The molecule has 10 heteroatoms. The third kappa shape index (κ3) is 7.25. The first-order chi connectivity index (χ1) is 19.3. The first-order valence-corrected chi connectivity index (χ1v) is 13.7. The number of nitrogens with two attached hydrogens (primary N) is 1. The molecule has 0 aromatic heterocycles. The number of Topliss-reactive ketones (excluding diaryl/α,β-unsaturated/α-hetero) is 1. The Morgan fingerprint density at radius 1 is 1.02 bits per heavy atom. The van der Waals surface area contributed by atoms with E-state index in [2.05, 4.69) is 5.32 Å². The van der Waals surface area contributed by atoms with Gasteiger partial charge in [0, 0.05) is 31.6 Å². The number of carbonyl (C=O) groups is 3. The van der Waals surface area contributed by atoms with E-state index >= 15 is 0 Å². The summed E-state index contributed by atoms with van der Waals surface area (Å²) < 4.78 is 10.6. The van der Waals surface area contributed by atoms with Gasteiger partial charge in [-0.05, 0) is 47.9 Å². The molecule has 0 unspecified atom stereocenters. The second-order valence-corrected chi connectivity index (χ2v) is 10.3. The third-order valence-corrected chi connectivity index (χ3v) is 7.38. The van der Waals surface area contributed by atoms with Crippen LogP contribution < -0.4 is 20.7 Å². The highest BCUT2D eigenvalue weighted by Gasteiger charge is 2.24. The van der Waals surface area contributed by atoms with E-state index in [1.807, 2.05) is 47.4 Å². The lowest BCUT2D eigenvalue weighted by Crippen LogP contribution is -2.38. The van der Waals surface area contributed by atoms with Crippen molar-refractivity contribution in [3.63, 3.8) is 0 Å². The molecule has 0 saturated heterocycles. The highest BCUT2D eigenvalue weighted by atomic mass is 35.5. The molecular weight excluding hydrogens is 553 g/mol. The number of rotatable bonds is 11. The van der Waals surface area contributed by atoms with Crippen LogP contribution in [0.5, 0.6) is 5.75 Å². The number of hydrogen-bond donors (Lipinski definition) is 2. The summed E-state index contributed by atoms with van der Waals surface area (Å²) >= 11 is 12.9. The number of anilines is 2. The molecule has 8 nitrogen and oxygen atoms in total. The predicted molar refractivity (Wildman–Crippen MR) is 157 cm³/mol. The molecule has 0 saturated carbocycles. The Morgan fingerprint density at radius 3 is 2.45 bits per heavy atom. The van der Waals surface area contributed by atoms with Crippen molar-refractivity contribution in [2.75, 3.05) is 44.0 Å². The van der Waals surface area contributed by atoms with E-state index in [9.17, 15) is 14.4 Å². The average molecular weight is 585 g/mol. The first-order valence-electron chi connectivity index (χ1n) is 13.0. The zero-order chi connectivity index (χ0) is 28.6. The highest BCUT2D eigenvalue weighted by molar-refractivity contribution is 6.40. The van der Waals surface area contributed by atoms with Crippen molar-refractivity contribution in [2.45, 2.75) is 19.3 Å². The van der Waals surface area contributed by atoms with Gasteiger partial charge in [0.1, 0.15) is 12.4 Å². The van der Waals surface area contributed by atoms with Gasteiger partial charge in [-0.15, -0.1) is 0 Å². The fourth-order valence-electron chi connectivity index (χ4n) is 4.62. The van der Waals surface area contributed by atoms with E-state index in [-0.39, 0.29) is 53.1 Å². The van der Waals surface area contributed by atoms with Gasteiger partial charge >= 0.3 is 5.97 Å². The molecule has 0 radical (unpaired) electrons. The molecule has 0 bridgehead atoms. The molecule has 1 aliphatic heterocycles. The van der Waals surface area contributed by atoms with Crippen LogP contribution in [-0.2, 0) is 14.3 Å². The van der Waals surface area contributed by atoms with E-state index in [1.54, 1.807) is 18.2 Å². The number of nitrogen functional groups attached to an aromatic ring is 1. The van der Waals surface area contributed by atoms with Crippen LogP contribution in [0.3, 0.4) is 0 Å². The van der Waals surface area contributed by atoms with Gasteiger partial charge in [-0.3, -0.25) is 14.4 Å². The number of nitrogens with one attached hydrogen (secondary N) is 1. The van der Waals surface area contributed by atoms with Crippen LogP contribution in [0, 0.1) is 5.92 Å². The number of benzene rings is 3. The zero-order valence-electron chi connectivity index (χ0n) is 22.1. The van der Waals surface area contributed by atoms with E-state index in [4.69, 9.17) is 38.4 Å². The van der Waals surface area contributed by atoms with E-state index < -0.39 is 11.9 Å². The van der Waals surface area contributed by atoms with Gasteiger partial charge in [0.15, 0.2) is 5.78 Å². The Hall–Kier alpha value is -3.75. The Balaban J connectivity index is 1.32. The van der Waals surface area contributed by atoms with Gasteiger partial charge in [-0.2, -0.15) is 0 Å². The molecule has 40 heavy (non-hydrogen) atoms. The summed E-state index contributed by atoms with van der Waals surface area (Å²) in [5.41, 5.74) is 9.31. The first kappa shape index (κ1) is 29.2. The van der Waals surface area contributed by atoms with E-state index in [1.165, 1.54) is 7.11 Å². The number of fused-ring (bicyclic) bond motifs is 1. The normalized spacial score (nSPS) is 13.1. The van der Waals surface area contributed by atoms with Gasteiger partial charge < -0.3 is 25.4 Å². The van der Waals surface area contributed by atoms with Crippen molar-refractivity contribution in [2.24, 2.45) is 5.92 Å². The lowest BCUT2D eigenvalue weighted by Gasteiger charge is -2.31. The molecule has 1 amide bonds. The van der Waals surface area contributed by atoms with Crippen molar-refractivity contribution in [3.05, 3.63) is 76.3 Å². The van der Waals surface area contributed by atoms with Crippen molar-refractivity contribution in [1.29, 1.82) is 0 Å². The zero-order valence-corrected chi connectivity index (χ0v) is 23.6. The van der Waals surface area contributed by atoms with Crippen LogP contribution in [0.1, 0.15) is 29.6 Å². The van der Waals surface area contributed by atoms with Crippen molar-refractivity contribution < 1.29 is 23.9 Å². The Kier molecular flexibility index (Phi) is 9.90. The third-order valence-electron chi connectivity index (χ3n) is 6.78. The largest absolute Gasteiger partial charge is 0.490 e. The molecule has 0 spiro atoms. The summed E-state index contributed by atoms with van der Waals surface area (Å²) in [5.74, 6) is -1.00. The summed E-state index contributed by atoms with van der Waals surface area (Å²) in [6, 6.07) is 18.4. The second kappa shape index (κ2) is 13.5. The lowest BCUT2D eigenvalue weighted by molar-refractivity contribution is -0.145. The van der Waals surface area contributed by atoms with Crippen LogP contribution in [0.25, 0.3) is 11.1 Å². The average Bonchev–Trinajstić information content (AvgIpc) is 2.95. The van der Waals surface area contributed by atoms with Crippen LogP contribution in [0.15, 0.2) is 60.7 Å². The maximum atomic E-state index is 13.1. The molecule has 4 rings (SSSR count). The number of carbonyl (C=O) groups excluding carboxylic acids is 3. The van der Waals surface area contributed by atoms with Gasteiger partial charge in [-0.1, -0.05) is 53.5 Å². The number of esters is 1. The summed E-state index contributed by atoms with van der Waals surface area (Å²) in [6.45, 7) is 1.65. The molecule has 0 fully saturated rings. The van der Waals surface area contributed by atoms with Crippen LogP contribution in [0.2, 0.25) is 10.0 Å². The van der Waals surface area contributed by atoms with Gasteiger partial charge in [-0.25, -0.2) is 0 Å². The Bertz CT molecular complexity index is 1360. The van der Waals surface area contributed by atoms with Gasteiger partial charge in [0.05, 0.1) is 40.9 Å². The molecule has 1 atom stereocenters. The standard InChI is InChI=1S/C30H31Cl2N3O5/c1-39-30(38)20(18-34-28(37)11-12-35-13-14-40-27-10-8-22(33)17-25(27)35)7-9-26(36)29-23(31)15-21(16-24(29)32)19-5-3-2-4-6-19/h2-6,8,10,15-17,20H,7,9,11-14,18,33H2,1H3,(H,34,37)/t20-/m0/s1. The smallest absolute Gasteiger partial charge is 0.310 e. The number of nitrogens with zero attached hydrogens (tertiary/aromatic N) is 1. The number of methoxy groups -OCH3 is 1. The fraction of sp³-hybridized carbons (Fsp3) is 0.300. The SMILES string of the molecule is COC(=O)[C@@H](CCC(=O)c1c(Cl)cc(-c2ccccc2)cc1Cl)CNC(=O)CCN1CCOc2ccc(N)cc21. The number of hydrogen-bond acceptors (Lipinski definition) is 7. The topological polar surface area (TPSA) is 111 Å². The van der Waals surface area contributed by atoms with Crippen molar-refractivity contribution >= 4 is 52.2 Å². The Labute approximate surface area is 243 Å². The summed E-state index contributed by atoms with van der Waals surface area (Å²) in [4.78, 5) is 40.1. The molecule has 1 heterocycles. The molecule has 3 aromatic rings. The molecule has 0 aliphatic carbocycles. The number of halogens is 2. The molecule has 3 N–H and O–H groups in total. The number of ketones is 1. The monoisotopic (exact) mass is 583 g/mol. The maximum Gasteiger partial charge on any atom is 0.310 e. The highest BCUT2D eigenvalue weighted by Crippen LogP contribution is 2.34. The maximum absolute atomic E-state index is 13.1. The van der Waals surface area contributed by atoms with Crippen LogP contribution >= 0.6 is 23.2 Å². The quantitative estimate of drug-likeness (QED) is 0.176.